The maximum atomic E-state index is 12.7. The molecule has 0 aromatic heterocycles. The number of allylic oxidation sites excluding steroid dienone is 24. The van der Waals surface area contributed by atoms with Crippen molar-refractivity contribution in [3.05, 3.63) is 146 Å². The van der Waals surface area contributed by atoms with Gasteiger partial charge in [-0.1, -0.05) is 205 Å². The third-order valence-corrected chi connectivity index (χ3v) is 9.85. The van der Waals surface area contributed by atoms with Crippen molar-refractivity contribution in [1.82, 2.24) is 0 Å². The van der Waals surface area contributed by atoms with Crippen LogP contribution in [0.4, 0.5) is 0 Å². The molecular formula is C59H90O6. The van der Waals surface area contributed by atoms with Gasteiger partial charge in [-0.15, -0.1) is 0 Å². The van der Waals surface area contributed by atoms with E-state index in [2.05, 4.69) is 142 Å². The monoisotopic (exact) mass is 895 g/mol. The van der Waals surface area contributed by atoms with Crippen LogP contribution >= 0.6 is 0 Å². The van der Waals surface area contributed by atoms with Gasteiger partial charge in [-0.05, 0) is 109 Å². The Hall–Kier alpha value is -4.71. The molecule has 0 aliphatic heterocycles. The van der Waals surface area contributed by atoms with Crippen LogP contribution in [0.5, 0.6) is 0 Å². The summed E-state index contributed by atoms with van der Waals surface area (Å²) in [4.78, 5) is 37.9. The third kappa shape index (κ3) is 50.2. The van der Waals surface area contributed by atoms with Crippen LogP contribution in [-0.4, -0.2) is 37.2 Å². The standard InChI is InChI=1S/C59H90O6/c1-4-7-10-13-16-19-22-25-26-27-28-29-30-31-32-35-37-40-43-46-49-52-58(61)64-55-56(65-59(62)53-50-47-44-41-38-34-24-21-18-15-12-9-6-3)54-63-57(60)51-48-45-42-39-36-33-23-20-17-14-11-8-5-2/h7-12,16-21,25-26,28-29,33-34,36,38,42,44-45,47,56H,4-6,13-15,22-24,27,30-32,35,37,39-41,43,46,48-55H2,1-3H3/b10-7-,11-8-,12-9-,19-16-,20-17-,21-18-,26-25-,29-28-,36-33-,38-34-,45-42-,47-44-. The lowest BCUT2D eigenvalue weighted by Gasteiger charge is -2.18. The molecule has 0 aromatic carbocycles. The lowest BCUT2D eigenvalue weighted by Crippen LogP contribution is -2.30. The van der Waals surface area contributed by atoms with Crippen LogP contribution in [0.1, 0.15) is 188 Å². The molecule has 65 heavy (non-hydrogen) atoms. The third-order valence-electron chi connectivity index (χ3n) is 9.85. The minimum atomic E-state index is -0.854. The summed E-state index contributed by atoms with van der Waals surface area (Å²) in [5.74, 6) is -1.13. The minimum absolute atomic E-state index is 0.139. The van der Waals surface area contributed by atoms with Crippen molar-refractivity contribution in [2.45, 2.75) is 194 Å². The maximum Gasteiger partial charge on any atom is 0.306 e. The van der Waals surface area contributed by atoms with Gasteiger partial charge in [-0.3, -0.25) is 14.4 Å². The predicted molar refractivity (Wildman–Crippen MR) is 279 cm³/mol. The first-order valence-electron chi connectivity index (χ1n) is 25.3. The fourth-order valence-corrected chi connectivity index (χ4v) is 6.16. The number of unbranched alkanes of at least 4 members (excludes halogenated alkanes) is 8. The molecule has 1 unspecified atom stereocenters. The summed E-state index contributed by atoms with van der Waals surface area (Å²) in [6.45, 7) is 6.13. The van der Waals surface area contributed by atoms with Crippen LogP contribution in [0.15, 0.2) is 146 Å². The van der Waals surface area contributed by atoms with Crippen molar-refractivity contribution in [2.24, 2.45) is 0 Å². The highest BCUT2D eigenvalue weighted by Gasteiger charge is 2.19. The van der Waals surface area contributed by atoms with Gasteiger partial charge in [-0.25, -0.2) is 0 Å². The average Bonchev–Trinajstić information content (AvgIpc) is 3.30. The Balaban J connectivity index is 4.52. The van der Waals surface area contributed by atoms with Gasteiger partial charge in [0.05, 0.1) is 0 Å². The highest BCUT2D eigenvalue weighted by Crippen LogP contribution is 2.12. The summed E-state index contributed by atoms with van der Waals surface area (Å²) in [5, 5.41) is 0. The second kappa shape index (κ2) is 51.9. The largest absolute Gasteiger partial charge is 0.462 e. The number of rotatable bonds is 43. The van der Waals surface area contributed by atoms with Crippen LogP contribution in [0, 0.1) is 0 Å². The molecule has 0 heterocycles. The molecule has 0 saturated carbocycles. The van der Waals surface area contributed by atoms with Crippen molar-refractivity contribution >= 4 is 17.9 Å². The molecule has 0 amide bonds. The zero-order chi connectivity index (χ0) is 47.2. The maximum absolute atomic E-state index is 12.7. The molecule has 0 N–H and O–H groups in total. The molecule has 0 rings (SSSR count). The Morgan fingerprint density at radius 1 is 0.308 bits per heavy atom. The van der Waals surface area contributed by atoms with Gasteiger partial charge in [0.1, 0.15) is 13.2 Å². The van der Waals surface area contributed by atoms with Gasteiger partial charge >= 0.3 is 17.9 Å². The first-order chi connectivity index (χ1) is 32.0. The van der Waals surface area contributed by atoms with Gasteiger partial charge < -0.3 is 14.2 Å². The van der Waals surface area contributed by atoms with E-state index in [1.165, 1.54) is 32.1 Å². The Morgan fingerprint density at radius 2 is 0.585 bits per heavy atom. The zero-order valence-electron chi connectivity index (χ0n) is 41.2. The molecule has 0 radical (unpaired) electrons. The highest BCUT2D eigenvalue weighted by atomic mass is 16.6. The number of hydrogen-bond acceptors (Lipinski definition) is 6. The first-order valence-corrected chi connectivity index (χ1v) is 25.3. The lowest BCUT2D eigenvalue weighted by molar-refractivity contribution is -0.166. The van der Waals surface area contributed by atoms with E-state index in [-0.39, 0.29) is 38.0 Å². The molecule has 362 valence electrons. The molecule has 0 aromatic rings. The normalized spacial score (nSPS) is 13.3. The molecule has 1 atom stereocenters. The smallest absolute Gasteiger partial charge is 0.306 e. The molecule has 0 fully saturated rings. The number of carbonyl (C=O) groups is 3. The zero-order valence-corrected chi connectivity index (χ0v) is 41.2. The van der Waals surface area contributed by atoms with Gasteiger partial charge in [-0.2, -0.15) is 0 Å². The fraction of sp³-hybridized carbons (Fsp3) is 0.542. The van der Waals surface area contributed by atoms with Crippen molar-refractivity contribution in [3.8, 4) is 0 Å². The van der Waals surface area contributed by atoms with Crippen LogP contribution < -0.4 is 0 Å². The number of carbonyl (C=O) groups excluding carboxylic acids is 3. The summed E-state index contributed by atoms with van der Waals surface area (Å²) in [7, 11) is 0. The van der Waals surface area contributed by atoms with E-state index in [0.717, 1.165) is 103 Å². The Bertz CT molecular complexity index is 1490. The Kier molecular flexibility index (Phi) is 48.2. The van der Waals surface area contributed by atoms with E-state index in [1.807, 2.05) is 24.3 Å². The number of hydrogen-bond donors (Lipinski definition) is 0. The topological polar surface area (TPSA) is 78.9 Å². The summed E-state index contributed by atoms with van der Waals surface area (Å²) < 4.78 is 16.6. The van der Waals surface area contributed by atoms with Gasteiger partial charge in [0.15, 0.2) is 6.10 Å². The van der Waals surface area contributed by atoms with Crippen LogP contribution in [0.2, 0.25) is 0 Å². The van der Waals surface area contributed by atoms with E-state index in [4.69, 9.17) is 14.2 Å². The number of esters is 3. The fourth-order valence-electron chi connectivity index (χ4n) is 6.16. The molecule has 0 bridgehead atoms. The van der Waals surface area contributed by atoms with Gasteiger partial charge in [0, 0.05) is 19.3 Å². The lowest BCUT2D eigenvalue weighted by atomic mass is 10.1. The van der Waals surface area contributed by atoms with Crippen LogP contribution in [0.3, 0.4) is 0 Å². The second-order valence-corrected chi connectivity index (χ2v) is 15.9. The van der Waals surface area contributed by atoms with Crippen molar-refractivity contribution < 1.29 is 28.6 Å². The van der Waals surface area contributed by atoms with Gasteiger partial charge in [0.2, 0.25) is 0 Å². The number of ether oxygens (including phenoxy) is 3. The molecule has 0 aliphatic rings. The van der Waals surface area contributed by atoms with E-state index in [1.54, 1.807) is 0 Å². The predicted octanol–water partition coefficient (Wildman–Crippen LogP) is 16.9. The van der Waals surface area contributed by atoms with Crippen molar-refractivity contribution in [3.63, 3.8) is 0 Å². The molecule has 6 nitrogen and oxygen atoms in total. The van der Waals surface area contributed by atoms with E-state index in [0.29, 0.717) is 19.3 Å². The summed E-state index contributed by atoms with van der Waals surface area (Å²) in [6.07, 6.45) is 74.3. The molecule has 0 aliphatic carbocycles. The van der Waals surface area contributed by atoms with Crippen molar-refractivity contribution in [1.29, 1.82) is 0 Å². The van der Waals surface area contributed by atoms with Gasteiger partial charge in [0.25, 0.3) is 0 Å². The molecule has 6 heteroatoms. The Morgan fingerprint density at radius 3 is 0.954 bits per heavy atom. The summed E-state index contributed by atoms with van der Waals surface area (Å²) in [5.41, 5.74) is 0. The molecular weight excluding hydrogens is 805 g/mol. The summed E-state index contributed by atoms with van der Waals surface area (Å²) >= 11 is 0. The summed E-state index contributed by atoms with van der Waals surface area (Å²) in [6, 6.07) is 0. The molecule has 0 spiro atoms. The Labute approximate surface area is 397 Å². The average molecular weight is 895 g/mol. The SMILES string of the molecule is CC/C=C\C/C=C\C/C=C\C/C=C\CCCCCCCCCCC(=O)OCC(COC(=O)CC/C=C\C/C=C\C/C=C\C/C=C\CC)OC(=O)CC/C=C\C/C=C\C/C=C\C/C=C\CC. The first kappa shape index (κ1) is 60.3. The van der Waals surface area contributed by atoms with Crippen LogP contribution in [-0.2, 0) is 28.6 Å². The molecule has 0 saturated heterocycles. The van der Waals surface area contributed by atoms with Crippen LogP contribution in [0.25, 0.3) is 0 Å². The van der Waals surface area contributed by atoms with E-state index in [9.17, 15) is 14.4 Å². The van der Waals surface area contributed by atoms with E-state index >= 15 is 0 Å². The quantitative estimate of drug-likeness (QED) is 0.0263. The minimum Gasteiger partial charge on any atom is -0.462 e. The van der Waals surface area contributed by atoms with Crippen molar-refractivity contribution in [2.75, 3.05) is 13.2 Å². The highest BCUT2D eigenvalue weighted by molar-refractivity contribution is 5.71. The second-order valence-electron chi connectivity index (χ2n) is 15.9. The van der Waals surface area contributed by atoms with E-state index < -0.39 is 12.1 Å².